The van der Waals surface area contributed by atoms with Crippen LogP contribution >= 0.6 is 23.4 Å². The Morgan fingerprint density at radius 2 is 2.09 bits per heavy atom. The molecule has 1 atom stereocenters. The van der Waals surface area contributed by atoms with E-state index in [2.05, 4.69) is 17.0 Å². The van der Waals surface area contributed by atoms with Crippen molar-refractivity contribution >= 4 is 40.6 Å². The predicted octanol–water partition coefficient (Wildman–Crippen LogP) is 4.09. The van der Waals surface area contributed by atoms with E-state index in [4.69, 9.17) is 11.6 Å². The number of nitro benzene ring substituents is 1. The Kier molecular flexibility index (Phi) is 6.48. The molecule has 170 valence electrons. The van der Waals surface area contributed by atoms with Crippen molar-refractivity contribution in [3.05, 3.63) is 73.5 Å². The Labute approximate surface area is 198 Å². The van der Waals surface area contributed by atoms with Crippen molar-refractivity contribution in [2.75, 3.05) is 10.7 Å². The fraction of sp³-hybridized carbons (Fsp3) is 0.273. The van der Waals surface area contributed by atoms with E-state index in [9.17, 15) is 19.7 Å². The number of aromatic nitrogens is 3. The summed E-state index contributed by atoms with van der Waals surface area (Å²) >= 11 is 7.44. The van der Waals surface area contributed by atoms with E-state index in [1.807, 2.05) is 0 Å². The average molecular weight is 487 g/mol. The van der Waals surface area contributed by atoms with Crippen molar-refractivity contribution in [1.82, 2.24) is 10.1 Å². The first-order valence-electron chi connectivity index (χ1n) is 10.4. The van der Waals surface area contributed by atoms with E-state index in [1.165, 1.54) is 40.4 Å². The molecule has 3 aromatic rings. The van der Waals surface area contributed by atoms with Crippen LogP contribution in [-0.4, -0.2) is 26.7 Å². The number of nitrogens with zero attached hydrogens (tertiary/aromatic N) is 4. The number of nitro groups is 1. The molecule has 4 rings (SSSR count). The third-order valence-corrected chi connectivity index (χ3v) is 6.57. The van der Waals surface area contributed by atoms with Crippen molar-refractivity contribution in [3.8, 4) is 11.3 Å². The molecule has 33 heavy (non-hydrogen) atoms. The highest BCUT2D eigenvalue weighted by Gasteiger charge is 2.45. The van der Waals surface area contributed by atoms with Crippen molar-refractivity contribution < 1.29 is 14.4 Å². The number of anilines is 1. The molecule has 1 aromatic heterocycles. The molecule has 1 unspecified atom stereocenters. The Bertz CT molecular complexity index is 1310. The number of thioether (sulfide) groups is 1. The van der Waals surface area contributed by atoms with E-state index in [-0.39, 0.29) is 27.9 Å². The van der Waals surface area contributed by atoms with Gasteiger partial charge in [0, 0.05) is 23.8 Å². The van der Waals surface area contributed by atoms with Crippen molar-refractivity contribution in [2.24, 2.45) is 0 Å². The minimum atomic E-state index is -0.906. The quantitative estimate of drug-likeness (QED) is 0.184. The fourth-order valence-corrected chi connectivity index (χ4v) is 4.94. The summed E-state index contributed by atoms with van der Waals surface area (Å²) in [6.45, 7) is 3.48. The van der Waals surface area contributed by atoms with Crippen molar-refractivity contribution in [2.45, 2.75) is 38.0 Å². The number of halogens is 1. The molecule has 0 saturated heterocycles. The first-order valence-corrected chi connectivity index (χ1v) is 11.7. The van der Waals surface area contributed by atoms with Crippen molar-refractivity contribution in [3.63, 3.8) is 0 Å². The van der Waals surface area contributed by atoms with E-state index in [0.717, 1.165) is 18.6 Å². The third kappa shape index (κ3) is 4.23. The number of para-hydroxylation sites is 1. The normalized spacial score (nSPS) is 14.5. The average Bonchev–Trinajstić information content (AvgIpc) is 2.78. The Balaban J connectivity index is 2.00. The summed E-state index contributed by atoms with van der Waals surface area (Å²) in [5.74, 6) is 0.466. The van der Waals surface area contributed by atoms with Gasteiger partial charge in [0.05, 0.1) is 21.7 Å². The molecule has 9 nitrogen and oxygen atoms in total. The molecule has 0 spiro atoms. The van der Waals surface area contributed by atoms with Gasteiger partial charge in [-0.1, -0.05) is 48.8 Å². The second-order valence-corrected chi connectivity index (χ2v) is 8.99. The largest absolute Gasteiger partial charge is 0.325 e. The lowest BCUT2D eigenvalue weighted by molar-refractivity contribution is -0.763. The molecule has 0 radical (unpaired) electrons. The Morgan fingerprint density at radius 1 is 1.33 bits per heavy atom. The van der Waals surface area contributed by atoms with Crippen LogP contribution in [0.15, 0.2) is 52.4 Å². The zero-order valence-electron chi connectivity index (χ0n) is 17.9. The highest BCUT2D eigenvalue weighted by Crippen LogP contribution is 2.38. The summed E-state index contributed by atoms with van der Waals surface area (Å²) in [6.07, 6.45) is 1.04. The van der Waals surface area contributed by atoms with Crippen LogP contribution in [0, 0.1) is 10.1 Å². The number of carbonyl (C=O) groups excluding carboxylic acids is 1. The zero-order chi connectivity index (χ0) is 23.7. The maximum atomic E-state index is 13.2. The minimum Gasteiger partial charge on any atom is -0.291 e. The van der Waals surface area contributed by atoms with Gasteiger partial charge in [0.2, 0.25) is 11.1 Å². The van der Waals surface area contributed by atoms with Gasteiger partial charge in [0.1, 0.15) is 5.02 Å². The summed E-state index contributed by atoms with van der Waals surface area (Å²) in [4.78, 5) is 41.3. The lowest BCUT2D eigenvalue weighted by atomic mass is 10.0. The van der Waals surface area contributed by atoms with Gasteiger partial charge in [0.15, 0.2) is 0 Å². The lowest BCUT2D eigenvalue weighted by Crippen LogP contribution is -2.60. The van der Waals surface area contributed by atoms with E-state index >= 15 is 0 Å². The van der Waals surface area contributed by atoms with Gasteiger partial charge >= 0.3 is 11.3 Å². The van der Waals surface area contributed by atoms with Crippen LogP contribution in [0.4, 0.5) is 11.4 Å². The lowest BCUT2D eigenvalue weighted by Gasteiger charge is -2.31. The molecule has 2 aromatic carbocycles. The summed E-state index contributed by atoms with van der Waals surface area (Å²) in [6, 6.07) is 11.4. The van der Waals surface area contributed by atoms with Gasteiger partial charge in [-0.05, 0) is 35.4 Å². The Morgan fingerprint density at radius 3 is 2.79 bits per heavy atom. The standard InChI is InChI=1S/C22H20ClN5O4S/c1-3-4-11-33-22-24-20(30)19-15-7-5-6-8-17(15)26(13(2)29)21(27(19)25-22)14-9-10-16(23)18(12-14)28(31)32/h5-10,12,21H,3-4,11H2,1-2H3/p+1. The fourth-order valence-electron chi connectivity index (χ4n) is 3.82. The smallest absolute Gasteiger partial charge is 0.291 e. The number of carbonyl (C=O) groups is 1. The number of rotatable bonds is 6. The molecule has 0 saturated carbocycles. The van der Waals surface area contributed by atoms with Gasteiger partial charge in [-0.3, -0.25) is 24.7 Å². The summed E-state index contributed by atoms with van der Waals surface area (Å²) in [7, 11) is 0. The number of aromatic amines is 1. The maximum absolute atomic E-state index is 13.2. The number of hydrogen-bond donors (Lipinski definition) is 1. The molecule has 0 aliphatic carbocycles. The molecule has 0 bridgehead atoms. The summed E-state index contributed by atoms with van der Waals surface area (Å²) < 4.78 is 1.48. The second kappa shape index (κ2) is 9.32. The monoisotopic (exact) mass is 486 g/mol. The summed E-state index contributed by atoms with van der Waals surface area (Å²) in [5, 5.41) is 16.6. The Hall–Kier alpha value is -3.24. The predicted molar refractivity (Wildman–Crippen MR) is 126 cm³/mol. The molecular formula is C22H21ClN5O4S+. The molecular weight excluding hydrogens is 466 g/mol. The van der Waals surface area contributed by atoms with Crippen molar-refractivity contribution in [1.29, 1.82) is 0 Å². The number of benzene rings is 2. The topological polar surface area (TPSA) is 113 Å². The molecule has 11 heteroatoms. The zero-order valence-corrected chi connectivity index (χ0v) is 19.5. The molecule has 0 fully saturated rings. The van der Waals surface area contributed by atoms with Gasteiger partial charge in [-0.15, -0.1) is 0 Å². The van der Waals surface area contributed by atoms with Gasteiger partial charge in [-0.25, -0.2) is 4.90 Å². The highest BCUT2D eigenvalue weighted by molar-refractivity contribution is 7.99. The number of hydrogen-bond acceptors (Lipinski definition) is 6. The number of amides is 1. The number of fused-ring (bicyclic) bond motifs is 3. The van der Waals surface area contributed by atoms with E-state index < -0.39 is 11.1 Å². The maximum Gasteiger partial charge on any atom is 0.325 e. The van der Waals surface area contributed by atoms with Gasteiger partial charge in [0.25, 0.3) is 11.9 Å². The molecule has 1 amide bonds. The number of H-pyrrole nitrogens is 1. The second-order valence-electron chi connectivity index (χ2n) is 7.50. The SMILES string of the molecule is CCCCSc1n[n+]2c(c(=O)[nH]1)-c1ccccc1N(C(C)=O)C2c1ccc(Cl)c([N+](=O)[O-])c1. The van der Waals surface area contributed by atoms with Crippen LogP contribution in [0.2, 0.25) is 5.02 Å². The first kappa shape index (κ1) is 22.9. The van der Waals surface area contributed by atoms with E-state index in [1.54, 1.807) is 30.3 Å². The minimum absolute atomic E-state index is 0.0192. The molecule has 1 aliphatic rings. The highest BCUT2D eigenvalue weighted by atomic mass is 35.5. The van der Waals surface area contributed by atoms with E-state index in [0.29, 0.717) is 22.0 Å². The molecule has 2 heterocycles. The van der Waals surface area contributed by atoms with Gasteiger partial charge < -0.3 is 0 Å². The summed E-state index contributed by atoms with van der Waals surface area (Å²) in [5.41, 5.74) is 1.10. The van der Waals surface area contributed by atoms with Crippen LogP contribution < -0.4 is 15.1 Å². The van der Waals surface area contributed by atoms with Crippen LogP contribution in [0.5, 0.6) is 0 Å². The van der Waals surface area contributed by atoms with Crippen LogP contribution in [0.25, 0.3) is 11.3 Å². The van der Waals surface area contributed by atoms with Crippen LogP contribution in [0.1, 0.15) is 38.4 Å². The number of unbranched alkanes of at least 4 members (excludes halogenated alkanes) is 1. The number of nitrogens with one attached hydrogen (secondary N) is 1. The third-order valence-electron chi connectivity index (χ3n) is 5.30. The first-order chi connectivity index (χ1) is 15.8. The van der Waals surface area contributed by atoms with Crippen LogP contribution in [0.3, 0.4) is 0 Å². The molecule has 1 aliphatic heterocycles. The van der Waals surface area contributed by atoms with Crippen LogP contribution in [-0.2, 0) is 4.79 Å². The molecule has 1 N–H and O–H groups in total. The van der Waals surface area contributed by atoms with Gasteiger partial charge in [-0.2, -0.15) is 0 Å².